The van der Waals surface area contributed by atoms with Gasteiger partial charge in [0.2, 0.25) is 0 Å². The molecule has 2 aromatic rings. The van der Waals surface area contributed by atoms with Gasteiger partial charge < -0.3 is 15.0 Å². The molecule has 22 heavy (non-hydrogen) atoms. The standard InChI is InChI=1S/C16H19FN4O/c1-22-16-15(18-7-8-19-16)20-10-12-6-9-21(11-12)14-4-2-13(17)3-5-14/h2-5,7-8,12H,6,9-11H2,1H3,(H,18,20)/t12-/m0/s1. The predicted molar refractivity (Wildman–Crippen MR) is 83.8 cm³/mol. The Balaban J connectivity index is 1.56. The number of aromatic nitrogens is 2. The van der Waals surface area contributed by atoms with Crippen molar-refractivity contribution in [2.75, 3.05) is 37.0 Å². The van der Waals surface area contributed by atoms with Crippen LogP contribution in [-0.4, -0.2) is 36.7 Å². The third kappa shape index (κ3) is 3.27. The highest BCUT2D eigenvalue weighted by atomic mass is 19.1. The lowest BCUT2D eigenvalue weighted by Crippen LogP contribution is -2.22. The van der Waals surface area contributed by atoms with Gasteiger partial charge in [-0.1, -0.05) is 0 Å². The lowest BCUT2D eigenvalue weighted by Gasteiger charge is -2.19. The lowest BCUT2D eigenvalue weighted by molar-refractivity contribution is 0.397. The van der Waals surface area contributed by atoms with E-state index in [1.807, 2.05) is 12.1 Å². The maximum absolute atomic E-state index is 13.0. The minimum absolute atomic E-state index is 0.198. The summed E-state index contributed by atoms with van der Waals surface area (Å²) >= 11 is 0. The average molecular weight is 302 g/mol. The number of nitrogens with one attached hydrogen (secondary N) is 1. The van der Waals surface area contributed by atoms with Gasteiger partial charge in [0.15, 0.2) is 5.82 Å². The van der Waals surface area contributed by atoms with Crippen molar-refractivity contribution in [3.63, 3.8) is 0 Å². The topological polar surface area (TPSA) is 50.3 Å². The fourth-order valence-electron chi connectivity index (χ4n) is 2.72. The fraction of sp³-hybridized carbons (Fsp3) is 0.375. The fourth-order valence-corrected chi connectivity index (χ4v) is 2.72. The van der Waals surface area contributed by atoms with Crippen LogP contribution in [0.4, 0.5) is 15.9 Å². The molecule has 0 bridgehead atoms. The molecule has 1 atom stereocenters. The summed E-state index contributed by atoms with van der Waals surface area (Å²) in [6.07, 6.45) is 4.34. The number of halogens is 1. The predicted octanol–water partition coefficient (Wildman–Crippen LogP) is 2.56. The molecule has 0 spiro atoms. The van der Waals surface area contributed by atoms with E-state index in [4.69, 9.17) is 4.74 Å². The second-order valence-electron chi connectivity index (χ2n) is 5.37. The van der Waals surface area contributed by atoms with E-state index >= 15 is 0 Å². The first-order chi connectivity index (χ1) is 10.8. The van der Waals surface area contributed by atoms with Crippen LogP contribution in [0.25, 0.3) is 0 Å². The zero-order valence-electron chi connectivity index (χ0n) is 12.5. The second kappa shape index (κ2) is 6.60. The molecule has 1 aromatic carbocycles. The Kier molecular flexibility index (Phi) is 4.37. The number of anilines is 2. The number of rotatable bonds is 5. The maximum atomic E-state index is 13.0. The largest absolute Gasteiger partial charge is 0.478 e. The molecule has 2 heterocycles. The van der Waals surface area contributed by atoms with Gasteiger partial charge in [-0.15, -0.1) is 0 Å². The Hall–Kier alpha value is -2.37. The Bertz CT molecular complexity index is 620. The molecule has 0 amide bonds. The van der Waals surface area contributed by atoms with Gasteiger partial charge in [-0.25, -0.2) is 14.4 Å². The van der Waals surface area contributed by atoms with Crippen molar-refractivity contribution < 1.29 is 9.13 Å². The highest BCUT2D eigenvalue weighted by Crippen LogP contribution is 2.25. The summed E-state index contributed by atoms with van der Waals surface area (Å²) in [4.78, 5) is 10.6. The summed E-state index contributed by atoms with van der Waals surface area (Å²) in [6, 6.07) is 6.67. The van der Waals surface area contributed by atoms with Gasteiger partial charge >= 0.3 is 0 Å². The SMILES string of the molecule is COc1nccnc1NC[C@@H]1CCN(c2ccc(F)cc2)C1. The van der Waals surface area contributed by atoms with Gasteiger partial charge in [0.1, 0.15) is 5.82 Å². The van der Waals surface area contributed by atoms with E-state index in [9.17, 15) is 4.39 Å². The van der Waals surface area contributed by atoms with Gasteiger partial charge in [-0.3, -0.25) is 0 Å². The summed E-state index contributed by atoms with van der Waals surface area (Å²) in [5.41, 5.74) is 1.07. The van der Waals surface area contributed by atoms with Crippen molar-refractivity contribution in [1.82, 2.24) is 9.97 Å². The van der Waals surface area contributed by atoms with Gasteiger partial charge in [0.05, 0.1) is 7.11 Å². The number of benzene rings is 1. The molecule has 1 saturated heterocycles. The van der Waals surface area contributed by atoms with Gasteiger partial charge in [-0.2, -0.15) is 0 Å². The van der Waals surface area contributed by atoms with Crippen LogP contribution in [0.5, 0.6) is 5.88 Å². The van der Waals surface area contributed by atoms with Crippen LogP contribution < -0.4 is 15.0 Å². The zero-order chi connectivity index (χ0) is 15.4. The van der Waals surface area contributed by atoms with Gasteiger partial charge in [0, 0.05) is 37.7 Å². The molecular formula is C16H19FN4O. The van der Waals surface area contributed by atoms with Gasteiger partial charge in [-0.05, 0) is 36.6 Å². The van der Waals surface area contributed by atoms with Crippen LogP contribution in [0.2, 0.25) is 0 Å². The van der Waals surface area contributed by atoms with Crippen molar-refractivity contribution in [2.24, 2.45) is 5.92 Å². The molecule has 1 fully saturated rings. The molecule has 1 N–H and O–H groups in total. The Morgan fingerprint density at radius 2 is 2.05 bits per heavy atom. The van der Waals surface area contributed by atoms with Crippen LogP contribution in [0.3, 0.4) is 0 Å². The maximum Gasteiger partial charge on any atom is 0.257 e. The first-order valence-electron chi connectivity index (χ1n) is 7.35. The second-order valence-corrected chi connectivity index (χ2v) is 5.37. The number of nitrogens with zero attached hydrogens (tertiary/aromatic N) is 3. The molecule has 0 saturated carbocycles. The monoisotopic (exact) mass is 302 g/mol. The first kappa shape index (κ1) is 14.6. The molecular weight excluding hydrogens is 283 g/mol. The normalized spacial score (nSPS) is 17.5. The quantitative estimate of drug-likeness (QED) is 0.920. The Labute approximate surface area is 129 Å². The summed E-state index contributed by atoms with van der Waals surface area (Å²) in [6.45, 7) is 2.74. The molecule has 0 radical (unpaired) electrons. The number of hydrogen-bond acceptors (Lipinski definition) is 5. The first-order valence-corrected chi connectivity index (χ1v) is 7.35. The van der Waals surface area contributed by atoms with Crippen LogP contribution in [0, 0.1) is 11.7 Å². The van der Waals surface area contributed by atoms with Crippen LogP contribution >= 0.6 is 0 Å². The smallest absolute Gasteiger partial charge is 0.257 e. The molecule has 116 valence electrons. The van der Waals surface area contributed by atoms with E-state index in [1.165, 1.54) is 12.1 Å². The third-order valence-electron chi connectivity index (χ3n) is 3.89. The average Bonchev–Trinajstić information content (AvgIpc) is 3.03. The number of hydrogen-bond donors (Lipinski definition) is 1. The minimum Gasteiger partial charge on any atom is -0.478 e. The zero-order valence-corrected chi connectivity index (χ0v) is 12.5. The summed E-state index contributed by atoms with van der Waals surface area (Å²) in [5.74, 6) is 1.49. The minimum atomic E-state index is -0.198. The van der Waals surface area contributed by atoms with Crippen LogP contribution in [-0.2, 0) is 0 Å². The van der Waals surface area contributed by atoms with E-state index in [1.54, 1.807) is 19.5 Å². The van der Waals surface area contributed by atoms with Crippen LogP contribution in [0.1, 0.15) is 6.42 Å². The van der Waals surface area contributed by atoms with E-state index in [0.29, 0.717) is 17.6 Å². The molecule has 0 aliphatic carbocycles. The third-order valence-corrected chi connectivity index (χ3v) is 3.89. The van der Waals surface area contributed by atoms with E-state index in [0.717, 1.165) is 31.7 Å². The summed E-state index contributed by atoms with van der Waals surface area (Å²) in [7, 11) is 1.58. The number of ether oxygens (including phenoxy) is 1. The molecule has 1 aromatic heterocycles. The van der Waals surface area contributed by atoms with E-state index < -0.39 is 0 Å². The molecule has 6 heteroatoms. The molecule has 1 aliphatic rings. The Morgan fingerprint density at radius 1 is 1.27 bits per heavy atom. The molecule has 5 nitrogen and oxygen atoms in total. The van der Waals surface area contributed by atoms with Crippen molar-refractivity contribution in [3.8, 4) is 5.88 Å². The highest BCUT2D eigenvalue weighted by Gasteiger charge is 2.23. The summed E-state index contributed by atoms with van der Waals surface area (Å²) < 4.78 is 18.2. The molecule has 1 aliphatic heterocycles. The number of methoxy groups -OCH3 is 1. The molecule has 0 unspecified atom stereocenters. The van der Waals surface area contributed by atoms with Crippen molar-refractivity contribution in [3.05, 3.63) is 42.5 Å². The highest BCUT2D eigenvalue weighted by molar-refractivity contribution is 5.48. The summed E-state index contributed by atoms with van der Waals surface area (Å²) in [5, 5.41) is 3.30. The molecule has 3 rings (SSSR count). The lowest BCUT2D eigenvalue weighted by atomic mass is 10.1. The van der Waals surface area contributed by atoms with E-state index in [-0.39, 0.29) is 5.82 Å². The van der Waals surface area contributed by atoms with E-state index in [2.05, 4.69) is 20.2 Å². The Morgan fingerprint density at radius 3 is 2.82 bits per heavy atom. The van der Waals surface area contributed by atoms with Crippen molar-refractivity contribution >= 4 is 11.5 Å². The van der Waals surface area contributed by atoms with Gasteiger partial charge in [0.25, 0.3) is 5.88 Å². The van der Waals surface area contributed by atoms with Crippen molar-refractivity contribution in [1.29, 1.82) is 0 Å². The van der Waals surface area contributed by atoms with Crippen LogP contribution in [0.15, 0.2) is 36.7 Å². The van der Waals surface area contributed by atoms with Crippen molar-refractivity contribution in [2.45, 2.75) is 6.42 Å².